The van der Waals surface area contributed by atoms with Gasteiger partial charge in [-0.3, -0.25) is 4.57 Å². The summed E-state index contributed by atoms with van der Waals surface area (Å²) in [6.45, 7) is 4.23. The number of hydrogen-bond donors (Lipinski definition) is 1. The third kappa shape index (κ3) is 4.96. The molecule has 19 heavy (non-hydrogen) atoms. The molecule has 6 heteroatoms. The minimum Gasteiger partial charge on any atom is -0.497 e. The summed E-state index contributed by atoms with van der Waals surface area (Å²) in [5.74, 6) is 0.718. The predicted molar refractivity (Wildman–Crippen MR) is 75.6 cm³/mol. The molecule has 0 saturated heterocycles. The van der Waals surface area contributed by atoms with Gasteiger partial charge in [-0.05, 0) is 31.5 Å². The van der Waals surface area contributed by atoms with Crippen LogP contribution >= 0.6 is 7.60 Å². The monoisotopic (exact) mass is 287 g/mol. The van der Waals surface area contributed by atoms with Crippen LogP contribution in [0.1, 0.15) is 25.5 Å². The summed E-state index contributed by atoms with van der Waals surface area (Å²) in [6, 6.07) is 6.96. The van der Waals surface area contributed by atoms with Crippen molar-refractivity contribution in [3.05, 3.63) is 29.8 Å². The molecule has 0 aliphatic heterocycles. The van der Waals surface area contributed by atoms with Crippen LogP contribution in [-0.2, 0) is 13.6 Å². The lowest BCUT2D eigenvalue weighted by molar-refractivity contribution is 0.218. The second-order valence-electron chi connectivity index (χ2n) is 4.01. The Bertz CT molecular complexity index is 428. The molecular weight excluding hydrogens is 265 g/mol. The van der Waals surface area contributed by atoms with Crippen molar-refractivity contribution in [2.24, 2.45) is 5.73 Å². The Labute approximate surface area is 114 Å². The molecule has 0 aromatic heterocycles. The first-order valence-corrected chi connectivity index (χ1v) is 8.05. The van der Waals surface area contributed by atoms with Crippen molar-refractivity contribution >= 4 is 7.60 Å². The molecule has 1 atom stereocenters. The van der Waals surface area contributed by atoms with E-state index in [2.05, 4.69) is 0 Å². The topological polar surface area (TPSA) is 70.8 Å². The highest BCUT2D eigenvalue weighted by Gasteiger charge is 2.27. The van der Waals surface area contributed by atoms with E-state index in [1.54, 1.807) is 21.0 Å². The van der Waals surface area contributed by atoms with Gasteiger partial charge in [-0.25, -0.2) is 0 Å². The van der Waals surface area contributed by atoms with Crippen molar-refractivity contribution in [1.82, 2.24) is 0 Å². The molecule has 0 aliphatic carbocycles. The average molecular weight is 287 g/mol. The largest absolute Gasteiger partial charge is 0.497 e. The average Bonchev–Trinajstić information content (AvgIpc) is 2.39. The van der Waals surface area contributed by atoms with Gasteiger partial charge < -0.3 is 19.5 Å². The van der Waals surface area contributed by atoms with E-state index in [9.17, 15) is 4.57 Å². The Morgan fingerprint density at radius 1 is 1.26 bits per heavy atom. The molecule has 5 nitrogen and oxygen atoms in total. The lowest BCUT2D eigenvalue weighted by Gasteiger charge is -2.21. The van der Waals surface area contributed by atoms with Crippen molar-refractivity contribution in [3.8, 4) is 5.75 Å². The highest BCUT2D eigenvalue weighted by Crippen LogP contribution is 2.50. The number of nitrogens with two attached hydrogens (primary N) is 1. The summed E-state index contributed by atoms with van der Waals surface area (Å²) in [6.07, 6.45) is 0.155. The van der Waals surface area contributed by atoms with Crippen LogP contribution < -0.4 is 10.5 Å². The highest BCUT2D eigenvalue weighted by molar-refractivity contribution is 7.53. The Kier molecular flexibility index (Phi) is 6.52. The molecular formula is C13H22NO4P. The van der Waals surface area contributed by atoms with Gasteiger partial charge in [0.2, 0.25) is 0 Å². The number of benzene rings is 1. The second kappa shape index (κ2) is 7.65. The Hall–Kier alpha value is -0.870. The van der Waals surface area contributed by atoms with Gasteiger partial charge in [0.25, 0.3) is 0 Å². The van der Waals surface area contributed by atoms with E-state index < -0.39 is 13.6 Å². The van der Waals surface area contributed by atoms with Crippen LogP contribution in [-0.4, -0.2) is 26.5 Å². The molecule has 0 radical (unpaired) electrons. The first-order valence-electron chi connectivity index (χ1n) is 6.32. The molecule has 1 rings (SSSR count). The van der Waals surface area contributed by atoms with Crippen molar-refractivity contribution in [2.75, 3.05) is 26.5 Å². The van der Waals surface area contributed by atoms with Crippen LogP contribution in [0.4, 0.5) is 0 Å². The summed E-state index contributed by atoms with van der Waals surface area (Å²) in [7, 11) is -1.54. The first-order chi connectivity index (χ1) is 9.04. The van der Waals surface area contributed by atoms with Crippen molar-refractivity contribution in [1.29, 1.82) is 0 Å². The third-order valence-electron chi connectivity index (χ3n) is 2.59. The zero-order valence-electron chi connectivity index (χ0n) is 11.7. The molecule has 0 bridgehead atoms. The van der Waals surface area contributed by atoms with Crippen LogP contribution in [0.3, 0.4) is 0 Å². The zero-order chi connectivity index (χ0) is 14.3. The fourth-order valence-corrected chi connectivity index (χ4v) is 3.52. The van der Waals surface area contributed by atoms with Crippen LogP contribution in [0.25, 0.3) is 0 Å². The molecule has 0 unspecified atom stereocenters. The van der Waals surface area contributed by atoms with E-state index in [0.717, 1.165) is 11.3 Å². The number of hydrogen-bond acceptors (Lipinski definition) is 5. The molecule has 2 N–H and O–H groups in total. The van der Waals surface area contributed by atoms with Crippen molar-refractivity contribution < 1.29 is 18.3 Å². The van der Waals surface area contributed by atoms with E-state index in [-0.39, 0.29) is 6.16 Å². The molecule has 0 amide bonds. The number of ether oxygens (including phenoxy) is 1. The van der Waals surface area contributed by atoms with Crippen molar-refractivity contribution in [2.45, 2.75) is 19.9 Å². The molecule has 0 heterocycles. The summed E-state index contributed by atoms with van der Waals surface area (Å²) < 4.78 is 28.0. The van der Waals surface area contributed by atoms with Gasteiger partial charge in [0.1, 0.15) is 5.75 Å². The smallest absolute Gasteiger partial charge is 0.332 e. The third-order valence-corrected chi connectivity index (χ3v) is 4.74. The normalized spacial score (nSPS) is 13.3. The van der Waals surface area contributed by atoms with Gasteiger partial charge in [-0.15, -0.1) is 0 Å². The lowest BCUT2D eigenvalue weighted by Crippen LogP contribution is -2.17. The van der Waals surface area contributed by atoms with Gasteiger partial charge in [0, 0.05) is 6.04 Å². The fraction of sp³-hybridized carbons (Fsp3) is 0.538. The van der Waals surface area contributed by atoms with Crippen LogP contribution in [0, 0.1) is 0 Å². The Morgan fingerprint density at radius 3 is 2.42 bits per heavy atom. The summed E-state index contributed by atoms with van der Waals surface area (Å²) in [4.78, 5) is 0. The van der Waals surface area contributed by atoms with Crippen molar-refractivity contribution in [3.63, 3.8) is 0 Å². The second-order valence-corrected chi connectivity index (χ2v) is 6.12. The molecule has 0 spiro atoms. The van der Waals surface area contributed by atoms with Gasteiger partial charge in [0.15, 0.2) is 0 Å². The molecule has 0 saturated carbocycles. The molecule has 108 valence electrons. The predicted octanol–water partition coefficient (Wildman–Crippen LogP) is 2.96. The minimum absolute atomic E-state index is 0.155. The van der Waals surface area contributed by atoms with E-state index in [1.165, 1.54) is 0 Å². The van der Waals surface area contributed by atoms with E-state index in [1.807, 2.05) is 24.3 Å². The highest BCUT2D eigenvalue weighted by atomic mass is 31.2. The summed E-state index contributed by atoms with van der Waals surface area (Å²) in [5.41, 5.74) is 6.92. The maximum atomic E-state index is 12.4. The van der Waals surface area contributed by atoms with Crippen LogP contribution in [0.2, 0.25) is 0 Å². The van der Waals surface area contributed by atoms with Crippen LogP contribution in [0.15, 0.2) is 24.3 Å². The van der Waals surface area contributed by atoms with E-state index in [0.29, 0.717) is 13.2 Å². The maximum absolute atomic E-state index is 12.4. The molecule has 0 fully saturated rings. The van der Waals surface area contributed by atoms with Gasteiger partial charge in [0.05, 0.1) is 26.5 Å². The maximum Gasteiger partial charge on any atom is 0.332 e. The lowest BCUT2D eigenvalue weighted by atomic mass is 10.1. The molecule has 1 aromatic rings. The molecule has 0 aliphatic rings. The number of rotatable bonds is 8. The molecule has 1 aromatic carbocycles. The number of methoxy groups -OCH3 is 1. The van der Waals surface area contributed by atoms with Gasteiger partial charge in [-0.2, -0.15) is 0 Å². The Morgan fingerprint density at radius 2 is 1.89 bits per heavy atom. The zero-order valence-corrected chi connectivity index (χ0v) is 12.6. The van der Waals surface area contributed by atoms with Crippen LogP contribution in [0.5, 0.6) is 5.75 Å². The first kappa shape index (κ1) is 16.2. The van der Waals surface area contributed by atoms with E-state index in [4.69, 9.17) is 19.5 Å². The standard InChI is InChI=1S/C13H22NO4P/c1-4-17-19(15,18-5-2)10-13(14)11-7-6-8-12(9-11)16-3/h6-9,13H,4-5,10,14H2,1-3H3/t13-/m0/s1. The SMILES string of the molecule is CCOP(=O)(C[C@H](N)c1cccc(OC)c1)OCC. The quantitative estimate of drug-likeness (QED) is 0.744. The minimum atomic E-state index is -3.13. The summed E-state index contributed by atoms with van der Waals surface area (Å²) >= 11 is 0. The van der Waals surface area contributed by atoms with Gasteiger partial charge >= 0.3 is 7.60 Å². The summed E-state index contributed by atoms with van der Waals surface area (Å²) in [5, 5.41) is 0. The van der Waals surface area contributed by atoms with Gasteiger partial charge in [-0.1, -0.05) is 12.1 Å². The fourth-order valence-electron chi connectivity index (χ4n) is 1.75. The van der Waals surface area contributed by atoms with E-state index >= 15 is 0 Å². The Balaban J connectivity index is 2.80.